The van der Waals surface area contributed by atoms with Crippen molar-refractivity contribution in [2.24, 2.45) is 5.41 Å². The van der Waals surface area contributed by atoms with E-state index < -0.39 is 27.4 Å². The predicted octanol–water partition coefficient (Wildman–Crippen LogP) is 5.43. The summed E-state index contributed by atoms with van der Waals surface area (Å²) in [5, 5.41) is 11.1. The van der Waals surface area contributed by atoms with E-state index in [2.05, 4.69) is 9.97 Å². The van der Waals surface area contributed by atoms with Gasteiger partial charge in [-0.25, -0.2) is 23.2 Å². The first kappa shape index (κ1) is 26.7. The molecule has 1 unspecified atom stereocenters. The van der Waals surface area contributed by atoms with E-state index >= 15 is 0 Å². The second-order valence-electron chi connectivity index (χ2n) is 9.36. The molecule has 37 heavy (non-hydrogen) atoms. The van der Waals surface area contributed by atoms with E-state index in [1.54, 1.807) is 61.9 Å². The average Bonchev–Trinajstić information content (AvgIpc) is 3.24. The summed E-state index contributed by atoms with van der Waals surface area (Å²) in [4.78, 5) is 20.6. The number of anilines is 1. The molecule has 194 valence electrons. The molecule has 2 aromatic heterocycles. The van der Waals surface area contributed by atoms with Crippen LogP contribution in [0.1, 0.15) is 20.8 Å². The van der Waals surface area contributed by atoms with Gasteiger partial charge in [0.15, 0.2) is 0 Å². The lowest BCUT2D eigenvalue weighted by Gasteiger charge is -2.37. The highest BCUT2D eigenvalue weighted by molar-refractivity contribution is 7.93. The topological polar surface area (TPSA) is 115 Å². The number of halogens is 2. The molecule has 2 heterocycles. The first-order valence-electron chi connectivity index (χ1n) is 11.0. The normalized spacial score (nSPS) is 12.9. The van der Waals surface area contributed by atoms with Gasteiger partial charge in [-0.1, -0.05) is 44.0 Å². The lowest BCUT2D eigenvalue weighted by Crippen LogP contribution is -2.52. The zero-order valence-electron chi connectivity index (χ0n) is 20.4. The molecule has 0 amide bonds. The van der Waals surface area contributed by atoms with Crippen LogP contribution in [0.4, 0.5) is 5.69 Å². The van der Waals surface area contributed by atoms with E-state index in [4.69, 9.17) is 27.9 Å². The van der Waals surface area contributed by atoms with E-state index in [9.17, 15) is 18.3 Å². The molecule has 4 rings (SSSR count). The molecule has 9 nitrogen and oxygen atoms in total. The number of carboxylic acids is 1. The maximum Gasteiger partial charge on any atom is 0.328 e. The smallest absolute Gasteiger partial charge is 0.328 e. The Morgan fingerprint density at radius 3 is 2.32 bits per heavy atom. The van der Waals surface area contributed by atoms with E-state index in [-0.39, 0.29) is 20.6 Å². The van der Waals surface area contributed by atoms with E-state index in [1.165, 1.54) is 31.6 Å². The first-order valence-corrected chi connectivity index (χ1v) is 13.2. The number of hydrogen-bond donors (Lipinski definition) is 1. The molecule has 12 heteroatoms. The number of sulfonamides is 1. The maximum absolute atomic E-state index is 14.0. The van der Waals surface area contributed by atoms with Gasteiger partial charge in [-0.2, -0.15) is 0 Å². The number of benzene rings is 2. The SMILES string of the molecule is COc1cc(-n2ccc3cc(N(C(C(=O)O)C(C)(C)C)S(=O)(=O)c4cc(Cl)cc(Cl)c4)ccc32)ncn1. The molecule has 1 N–H and O–H groups in total. The number of fused-ring (bicyclic) bond motifs is 1. The monoisotopic (exact) mass is 562 g/mol. The van der Waals surface area contributed by atoms with Crippen LogP contribution in [0.3, 0.4) is 0 Å². The van der Waals surface area contributed by atoms with Gasteiger partial charge in [0.1, 0.15) is 18.2 Å². The minimum Gasteiger partial charge on any atom is -0.481 e. The Labute approximate surface area is 224 Å². The first-order chi connectivity index (χ1) is 17.3. The third-order valence-corrected chi connectivity index (χ3v) is 7.90. The van der Waals surface area contributed by atoms with E-state index in [0.717, 1.165) is 9.82 Å². The molecule has 0 aliphatic carbocycles. The molecule has 4 aromatic rings. The van der Waals surface area contributed by atoms with E-state index in [0.29, 0.717) is 17.1 Å². The molecule has 0 aliphatic rings. The Kier molecular flexibility index (Phi) is 7.11. The summed E-state index contributed by atoms with van der Waals surface area (Å²) in [6.45, 7) is 4.99. The van der Waals surface area contributed by atoms with Crippen LogP contribution in [0, 0.1) is 5.41 Å². The van der Waals surface area contributed by atoms with Gasteiger partial charge in [0, 0.05) is 27.7 Å². The second-order valence-corrected chi connectivity index (χ2v) is 12.0. The molecule has 0 saturated carbocycles. The average molecular weight is 563 g/mol. The largest absolute Gasteiger partial charge is 0.481 e. The van der Waals surface area contributed by atoms with Crippen LogP contribution in [-0.2, 0) is 14.8 Å². The van der Waals surface area contributed by atoms with Gasteiger partial charge in [0.2, 0.25) is 5.88 Å². The molecule has 0 saturated heterocycles. The fourth-order valence-electron chi connectivity index (χ4n) is 4.08. The molecule has 0 radical (unpaired) electrons. The van der Waals surface area contributed by atoms with Gasteiger partial charge < -0.3 is 14.4 Å². The van der Waals surface area contributed by atoms with E-state index in [1.807, 2.05) is 0 Å². The number of aromatic nitrogens is 3. The number of carbonyl (C=O) groups is 1. The van der Waals surface area contributed by atoms with Crippen molar-refractivity contribution in [2.75, 3.05) is 11.4 Å². The number of methoxy groups -OCH3 is 1. The molecular weight excluding hydrogens is 539 g/mol. The molecule has 1 atom stereocenters. The van der Waals surface area contributed by atoms with Crippen molar-refractivity contribution in [2.45, 2.75) is 31.7 Å². The summed E-state index contributed by atoms with van der Waals surface area (Å²) in [6.07, 6.45) is 3.14. The lowest BCUT2D eigenvalue weighted by atomic mass is 9.86. The summed E-state index contributed by atoms with van der Waals surface area (Å²) in [5.74, 6) is -0.365. The molecule has 0 bridgehead atoms. The quantitative estimate of drug-likeness (QED) is 0.319. The summed E-state index contributed by atoms with van der Waals surface area (Å²) < 4.78 is 35.8. The van der Waals surface area contributed by atoms with Crippen LogP contribution in [0.2, 0.25) is 10.0 Å². The number of rotatable bonds is 7. The van der Waals surface area contributed by atoms with Crippen molar-refractivity contribution >= 4 is 55.8 Å². The fraction of sp³-hybridized carbons (Fsp3) is 0.240. The molecule has 2 aromatic carbocycles. The van der Waals surface area contributed by atoms with Crippen LogP contribution in [0.25, 0.3) is 16.7 Å². The molecular formula is C25H24Cl2N4O5S. The standard InChI is InChI=1S/C25H24Cl2N4O5S/c1-25(2,3)23(24(32)33)31(37(34,35)19-11-16(26)10-17(27)12-19)18-5-6-20-15(9-18)7-8-30(20)21-13-22(36-4)29-14-28-21/h5-14,23H,1-4H3,(H,32,33). The third kappa shape index (κ3) is 5.22. The Morgan fingerprint density at radius 2 is 1.73 bits per heavy atom. The maximum atomic E-state index is 14.0. The number of aliphatic carboxylic acids is 1. The number of carboxylic acid groups (broad SMARTS) is 1. The van der Waals surface area contributed by atoms with Crippen molar-refractivity contribution in [3.8, 4) is 11.7 Å². The Hall–Kier alpha value is -3.34. The zero-order chi connectivity index (χ0) is 27.1. The van der Waals surface area contributed by atoms with Gasteiger partial charge in [0.25, 0.3) is 10.0 Å². The Balaban J connectivity index is 1.92. The number of nitrogens with zero attached hydrogens (tertiary/aromatic N) is 4. The second kappa shape index (κ2) is 9.85. The summed E-state index contributed by atoms with van der Waals surface area (Å²) in [6, 6.07) is 10.8. The van der Waals surface area contributed by atoms with Gasteiger partial charge in [0.05, 0.1) is 23.2 Å². The van der Waals surface area contributed by atoms with Crippen molar-refractivity contribution in [1.82, 2.24) is 14.5 Å². The number of ether oxygens (including phenoxy) is 1. The molecule has 0 fully saturated rings. The highest BCUT2D eigenvalue weighted by atomic mass is 35.5. The highest BCUT2D eigenvalue weighted by Gasteiger charge is 2.43. The molecule has 0 spiro atoms. The Morgan fingerprint density at radius 1 is 1.05 bits per heavy atom. The Bertz CT molecular complexity index is 1580. The van der Waals surface area contributed by atoms with Crippen molar-refractivity contribution < 1.29 is 23.1 Å². The van der Waals surface area contributed by atoms with Crippen LogP contribution in [0.15, 0.2) is 66.0 Å². The summed E-state index contributed by atoms with van der Waals surface area (Å²) in [7, 11) is -2.91. The zero-order valence-corrected chi connectivity index (χ0v) is 22.7. The van der Waals surface area contributed by atoms with Crippen molar-refractivity contribution in [3.63, 3.8) is 0 Å². The minimum absolute atomic E-state index is 0.112. The summed E-state index contributed by atoms with van der Waals surface area (Å²) >= 11 is 12.2. The van der Waals surface area contributed by atoms with Crippen LogP contribution in [0.5, 0.6) is 5.88 Å². The highest BCUT2D eigenvalue weighted by Crippen LogP contribution is 2.37. The van der Waals surface area contributed by atoms with Gasteiger partial charge >= 0.3 is 5.97 Å². The van der Waals surface area contributed by atoms with Crippen LogP contribution in [-0.4, -0.2) is 47.2 Å². The van der Waals surface area contributed by atoms with Gasteiger partial charge in [-0.05, 0) is 47.9 Å². The van der Waals surface area contributed by atoms with Gasteiger partial charge in [-0.15, -0.1) is 0 Å². The van der Waals surface area contributed by atoms with Crippen LogP contribution < -0.4 is 9.04 Å². The summed E-state index contributed by atoms with van der Waals surface area (Å²) in [5.41, 5.74) is -0.0844. The predicted molar refractivity (Wildman–Crippen MR) is 142 cm³/mol. The van der Waals surface area contributed by atoms with Crippen molar-refractivity contribution in [3.05, 3.63) is 71.1 Å². The fourth-order valence-corrected chi connectivity index (χ4v) is 6.59. The number of hydrogen-bond acceptors (Lipinski definition) is 6. The van der Waals surface area contributed by atoms with Crippen LogP contribution >= 0.6 is 23.2 Å². The third-order valence-electron chi connectivity index (χ3n) is 5.69. The lowest BCUT2D eigenvalue weighted by molar-refractivity contribution is -0.140. The minimum atomic E-state index is -4.41. The van der Waals surface area contributed by atoms with Crippen molar-refractivity contribution in [1.29, 1.82) is 0 Å². The van der Waals surface area contributed by atoms with Gasteiger partial charge in [-0.3, -0.25) is 4.31 Å². The molecule has 0 aliphatic heterocycles.